The van der Waals surface area contributed by atoms with Crippen molar-refractivity contribution in [2.75, 3.05) is 13.2 Å². The summed E-state index contributed by atoms with van der Waals surface area (Å²) in [5.41, 5.74) is 0. The van der Waals surface area contributed by atoms with E-state index in [1.807, 2.05) is 0 Å². The first-order valence-corrected chi connectivity index (χ1v) is 20.9. The van der Waals surface area contributed by atoms with Gasteiger partial charge in [0.05, 0.1) is 0 Å². The summed E-state index contributed by atoms with van der Waals surface area (Å²) >= 11 is 0. The molecule has 0 bridgehead atoms. The van der Waals surface area contributed by atoms with E-state index in [-0.39, 0.29) is 31.1 Å². The number of unbranched alkanes of at least 4 members (excludes halogenated alkanes) is 24. The van der Waals surface area contributed by atoms with E-state index >= 15 is 0 Å². The van der Waals surface area contributed by atoms with E-state index in [0.717, 1.165) is 70.1 Å². The summed E-state index contributed by atoms with van der Waals surface area (Å²) in [6.07, 6.45) is 34.1. The average Bonchev–Trinajstić information content (AvgIpc) is 3.06. The Hall–Kier alpha value is -1.59. The molecule has 0 rings (SSSR count). The Kier molecular flexibility index (Phi) is 35.5. The second kappa shape index (κ2) is 36.7. The molecule has 48 heavy (non-hydrogen) atoms. The van der Waals surface area contributed by atoms with E-state index in [1.165, 1.54) is 116 Å². The molecule has 0 heterocycles. The Labute approximate surface area is 298 Å². The maximum Gasteiger partial charge on any atom is 0.306 e. The predicted molar refractivity (Wildman–Crippen MR) is 201 cm³/mol. The summed E-state index contributed by atoms with van der Waals surface area (Å²) in [7, 11) is 0. The lowest BCUT2D eigenvalue weighted by Gasteiger charge is -2.18. The monoisotopic (exact) mass is 681 g/mol. The summed E-state index contributed by atoms with van der Waals surface area (Å²) < 4.78 is 16.5. The molecule has 6 nitrogen and oxygen atoms in total. The largest absolute Gasteiger partial charge is 0.462 e. The van der Waals surface area contributed by atoms with Crippen LogP contribution in [0.2, 0.25) is 0 Å². The molecular formula is C42H80O6. The zero-order valence-electron chi connectivity index (χ0n) is 32.4. The maximum atomic E-state index is 12.5. The van der Waals surface area contributed by atoms with Crippen LogP contribution in [0.25, 0.3) is 0 Å². The van der Waals surface area contributed by atoms with Crippen LogP contribution in [0, 0.1) is 5.92 Å². The van der Waals surface area contributed by atoms with Gasteiger partial charge in [-0.05, 0) is 25.2 Å². The van der Waals surface area contributed by atoms with Gasteiger partial charge in [-0.3, -0.25) is 14.4 Å². The van der Waals surface area contributed by atoms with Crippen molar-refractivity contribution in [3.63, 3.8) is 0 Å². The number of carbonyl (C=O) groups excluding carboxylic acids is 3. The standard InChI is InChI=1S/C42H80O6/c1-5-7-9-11-12-13-14-15-16-17-18-19-22-26-29-33-40(43)46-36-39(48-42(45)35-31-24-10-8-6-2)37-47-41(44)34-30-27-23-20-21-25-28-32-38(3)4/h38-39H,5-37H2,1-4H3/t39-/m0/s1. The lowest BCUT2D eigenvalue weighted by Crippen LogP contribution is -2.30. The van der Waals surface area contributed by atoms with Crippen LogP contribution in [0.3, 0.4) is 0 Å². The molecule has 0 fully saturated rings. The van der Waals surface area contributed by atoms with E-state index in [4.69, 9.17) is 14.2 Å². The van der Waals surface area contributed by atoms with Crippen molar-refractivity contribution in [3.05, 3.63) is 0 Å². The van der Waals surface area contributed by atoms with Crippen LogP contribution in [0.1, 0.15) is 227 Å². The lowest BCUT2D eigenvalue weighted by molar-refractivity contribution is -0.167. The maximum absolute atomic E-state index is 12.5. The van der Waals surface area contributed by atoms with E-state index in [2.05, 4.69) is 27.7 Å². The van der Waals surface area contributed by atoms with Gasteiger partial charge >= 0.3 is 17.9 Å². The van der Waals surface area contributed by atoms with Crippen LogP contribution < -0.4 is 0 Å². The van der Waals surface area contributed by atoms with Crippen molar-refractivity contribution < 1.29 is 28.6 Å². The van der Waals surface area contributed by atoms with Gasteiger partial charge in [-0.15, -0.1) is 0 Å². The van der Waals surface area contributed by atoms with Gasteiger partial charge in [0.2, 0.25) is 0 Å². The lowest BCUT2D eigenvalue weighted by atomic mass is 10.0. The third-order valence-corrected chi connectivity index (χ3v) is 9.29. The zero-order chi connectivity index (χ0) is 35.3. The van der Waals surface area contributed by atoms with Crippen molar-refractivity contribution in [1.29, 1.82) is 0 Å². The fourth-order valence-electron chi connectivity index (χ4n) is 6.10. The van der Waals surface area contributed by atoms with Crippen LogP contribution in [-0.2, 0) is 28.6 Å². The predicted octanol–water partition coefficient (Wildman–Crippen LogP) is 12.8. The second-order valence-corrected chi connectivity index (χ2v) is 14.7. The van der Waals surface area contributed by atoms with Crippen LogP contribution in [0.4, 0.5) is 0 Å². The van der Waals surface area contributed by atoms with Crippen molar-refractivity contribution in [2.45, 2.75) is 233 Å². The molecule has 0 unspecified atom stereocenters. The minimum Gasteiger partial charge on any atom is -0.462 e. The minimum atomic E-state index is -0.757. The van der Waals surface area contributed by atoms with Crippen molar-refractivity contribution in [3.8, 4) is 0 Å². The van der Waals surface area contributed by atoms with Gasteiger partial charge in [-0.2, -0.15) is 0 Å². The number of esters is 3. The van der Waals surface area contributed by atoms with Gasteiger partial charge in [0.15, 0.2) is 6.10 Å². The molecule has 0 aromatic rings. The molecule has 1 atom stereocenters. The Morgan fingerprint density at radius 1 is 0.396 bits per heavy atom. The smallest absolute Gasteiger partial charge is 0.306 e. The third-order valence-electron chi connectivity index (χ3n) is 9.29. The Balaban J connectivity index is 4.16. The molecule has 0 aliphatic heterocycles. The molecular weight excluding hydrogens is 600 g/mol. The highest BCUT2D eigenvalue weighted by Gasteiger charge is 2.19. The molecule has 0 radical (unpaired) electrons. The molecule has 0 saturated carbocycles. The second-order valence-electron chi connectivity index (χ2n) is 14.7. The quantitative estimate of drug-likeness (QED) is 0.0369. The fraction of sp³-hybridized carbons (Fsp3) is 0.929. The molecule has 0 aliphatic carbocycles. The van der Waals surface area contributed by atoms with Crippen molar-refractivity contribution >= 4 is 17.9 Å². The molecule has 0 spiro atoms. The van der Waals surface area contributed by atoms with E-state index in [9.17, 15) is 14.4 Å². The first kappa shape index (κ1) is 46.4. The highest BCUT2D eigenvalue weighted by molar-refractivity contribution is 5.71. The topological polar surface area (TPSA) is 78.9 Å². The fourth-order valence-corrected chi connectivity index (χ4v) is 6.10. The number of hydrogen-bond acceptors (Lipinski definition) is 6. The normalized spacial score (nSPS) is 11.9. The van der Waals surface area contributed by atoms with Crippen LogP contribution in [-0.4, -0.2) is 37.2 Å². The van der Waals surface area contributed by atoms with E-state index in [1.54, 1.807) is 0 Å². The number of hydrogen-bond donors (Lipinski definition) is 0. The molecule has 0 N–H and O–H groups in total. The first-order valence-electron chi connectivity index (χ1n) is 20.9. The molecule has 0 aromatic carbocycles. The first-order chi connectivity index (χ1) is 23.4. The Bertz CT molecular complexity index is 721. The Morgan fingerprint density at radius 3 is 1.02 bits per heavy atom. The molecule has 284 valence electrons. The molecule has 0 saturated heterocycles. The zero-order valence-corrected chi connectivity index (χ0v) is 32.4. The summed E-state index contributed by atoms with van der Waals surface area (Å²) in [6.45, 7) is 8.85. The number of ether oxygens (including phenoxy) is 3. The molecule has 0 aromatic heterocycles. The van der Waals surface area contributed by atoms with Gasteiger partial charge < -0.3 is 14.2 Å². The summed E-state index contributed by atoms with van der Waals surface area (Å²) in [4.78, 5) is 37.3. The van der Waals surface area contributed by atoms with Crippen molar-refractivity contribution in [2.24, 2.45) is 5.92 Å². The summed E-state index contributed by atoms with van der Waals surface area (Å²) in [5, 5.41) is 0. The average molecular weight is 681 g/mol. The minimum absolute atomic E-state index is 0.0662. The SMILES string of the molecule is CCCCCCCCCCCCCCCCCC(=O)OC[C@@H](COC(=O)CCCCCCCCCC(C)C)OC(=O)CCCCCCC. The van der Waals surface area contributed by atoms with Gasteiger partial charge in [0.25, 0.3) is 0 Å². The van der Waals surface area contributed by atoms with Crippen molar-refractivity contribution in [1.82, 2.24) is 0 Å². The van der Waals surface area contributed by atoms with Crippen LogP contribution in [0.15, 0.2) is 0 Å². The summed E-state index contributed by atoms with van der Waals surface area (Å²) in [5.74, 6) is -0.0951. The van der Waals surface area contributed by atoms with E-state index < -0.39 is 6.10 Å². The van der Waals surface area contributed by atoms with Gasteiger partial charge in [-0.25, -0.2) is 0 Å². The molecule has 6 heteroatoms. The van der Waals surface area contributed by atoms with Gasteiger partial charge in [0.1, 0.15) is 13.2 Å². The number of rotatable bonds is 37. The van der Waals surface area contributed by atoms with Crippen LogP contribution in [0.5, 0.6) is 0 Å². The van der Waals surface area contributed by atoms with Crippen LogP contribution >= 0.6 is 0 Å². The number of carbonyl (C=O) groups is 3. The molecule has 0 amide bonds. The highest BCUT2D eigenvalue weighted by atomic mass is 16.6. The van der Waals surface area contributed by atoms with E-state index in [0.29, 0.717) is 19.3 Å². The highest BCUT2D eigenvalue weighted by Crippen LogP contribution is 2.15. The summed E-state index contributed by atoms with van der Waals surface area (Å²) in [6, 6.07) is 0. The molecule has 0 aliphatic rings. The Morgan fingerprint density at radius 2 is 0.688 bits per heavy atom. The third kappa shape index (κ3) is 35.7. The van der Waals surface area contributed by atoms with Gasteiger partial charge in [0, 0.05) is 19.3 Å². The van der Waals surface area contributed by atoms with Gasteiger partial charge in [-0.1, -0.05) is 188 Å².